The van der Waals surface area contributed by atoms with Gasteiger partial charge < -0.3 is 14.6 Å². The van der Waals surface area contributed by atoms with Gasteiger partial charge in [0.05, 0.1) is 5.56 Å². The number of carbonyl (C=O) groups excluding carboxylic acids is 3. The summed E-state index contributed by atoms with van der Waals surface area (Å²) in [6.45, 7) is 2.96. The Morgan fingerprint density at radius 2 is 1.81 bits per heavy atom. The number of aromatic nitrogens is 1. The summed E-state index contributed by atoms with van der Waals surface area (Å²) in [5, 5.41) is 3.43. The van der Waals surface area contributed by atoms with Crippen LogP contribution in [0.2, 0.25) is 0 Å². The molecule has 3 rings (SSSR count). The molecule has 0 aliphatic rings. The summed E-state index contributed by atoms with van der Waals surface area (Å²) in [4.78, 5) is 36.3. The molecule has 27 heavy (non-hydrogen) atoms. The van der Waals surface area contributed by atoms with Crippen LogP contribution in [0.5, 0.6) is 0 Å². The van der Waals surface area contributed by atoms with E-state index in [1.165, 1.54) is 13.8 Å². The Bertz CT molecular complexity index is 1040. The van der Waals surface area contributed by atoms with Crippen LogP contribution in [-0.4, -0.2) is 28.3 Å². The van der Waals surface area contributed by atoms with Gasteiger partial charge in [-0.2, -0.15) is 0 Å². The molecule has 6 heteroatoms. The van der Waals surface area contributed by atoms with Crippen molar-refractivity contribution in [3.63, 3.8) is 0 Å². The molecule has 1 aromatic heterocycles. The Balaban J connectivity index is 1.71. The van der Waals surface area contributed by atoms with Crippen molar-refractivity contribution in [2.75, 3.05) is 5.32 Å². The van der Waals surface area contributed by atoms with Gasteiger partial charge in [-0.3, -0.25) is 9.59 Å². The van der Waals surface area contributed by atoms with Crippen LogP contribution in [0.15, 0.2) is 54.7 Å². The number of hydrogen-bond acceptors (Lipinski definition) is 4. The van der Waals surface area contributed by atoms with Gasteiger partial charge in [-0.1, -0.05) is 30.3 Å². The van der Waals surface area contributed by atoms with Crippen LogP contribution in [-0.2, 0) is 16.6 Å². The molecule has 1 N–H and O–H groups in total. The minimum absolute atomic E-state index is 0.0958. The SMILES string of the molecule is CC(=O)c1cccc(NC(=O)C(C)OC(=O)c2cn(C)c3ccccc23)c1. The quantitative estimate of drug-likeness (QED) is 0.555. The van der Waals surface area contributed by atoms with Gasteiger partial charge in [0.2, 0.25) is 0 Å². The predicted molar refractivity (Wildman–Crippen MR) is 103 cm³/mol. The number of anilines is 1. The van der Waals surface area contributed by atoms with Crippen molar-refractivity contribution in [3.8, 4) is 0 Å². The van der Waals surface area contributed by atoms with Crippen LogP contribution in [0.25, 0.3) is 10.9 Å². The zero-order chi connectivity index (χ0) is 19.6. The highest BCUT2D eigenvalue weighted by Gasteiger charge is 2.22. The molecule has 138 valence electrons. The second-order valence-electron chi connectivity index (χ2n) is 6.34. The molecule has 1 unspecified atom stereocenters. The fourth-order valence-electron chi connectivity index (χ4n) is 2.84. The van der Waals surface area contributed by atoms with Crippen LogP contribution in [0.3, 0.4) is 0 Å². The minimum atomic E-state index is -0.988. The van der Waals surface area contributed by atoms with E-state index in [2.05, 4.69) is 5.32 Å². The summed E-state index contributed by atoms with van der Waals surface area (Å²) in [6.07, 6.45) is 0.700. The first-order chi connectivity index (χ1) is 12.9. The van der Waals surface area contributed by atoms with Crippen molar-refractivity contribution in [2.45, 2.75) is 20.0 Å². The highest BCUT2D eigenvalue weighted by atomic mass is 16.5. The molecule has 0 spiro atoms. The van der Waals surface area contributed by atoms with E-state index in [1.54, 1.807) is 30.5 Å². The Labute approximate surface area is 156 Å². The summed E-state index contributed by atoms with van der Waals surface area (Å²) < 4.78 is 7.18. The molecule has 0 fully saturated rings. The predicted octanol–water partition coefficient (Wildman–Crippen LogP) is 3.56. The number of carbonyl (C=O) groups is 3. The third-order valence-electron chi connectivity index (χ3n) is 4.31. The maximum absolute atomic E-state index is 12.5. The van der Waals surface area contributed by atoms with E-state index < -0.39 is 18.0 Å². The number of esters is 1. The van der Waals surface area contributed by atoms with E-state index in [-0.39, 0.29) is 5.78 Å². The Kier molecular flexibility index (Phi) is 5.07. The van der Waals surface area contributed by atoms with Crippen LogP contribution >= 0.6 is 0 Å². The third-order valence-corrected chi connectivity index (χ3v) is 4.31. The molecule has 1 amide bonds. The molecule has 0 saturated carbocycles. The molecule has 0 aliphatic heterocycles. The Morgan fingerprint density at radius 1 is 1.07 bits per heavy atom. The molecule has 0 saturated heterocycles. The molecule has 6 nitrogen and oxygen atoms in total. The van der Waals surface area contributed by atoms with Gasteiger partial charge in [0.15, 0.2) is 11.9 Å². The average Bonchev–Trinajstić information content (AvgIpc) is 2.99. The molecular weight excluding hydrogens is 344 g/mol. The van der Waals surface area contributed by atoms with E-state index >= 15 is 0 Å². The molecule has 0 aliphatic carbocycles. The standard InChI is InChI=1S/C21H20N2O4/c1-13(24)15-7-6-8-16(11-15)22-20(25)14(2)27-21(26)18-12-23(3)19-10-5-4-9-17(18)19/h4-12,14H,1-3H3,(H,22,25). The molecule has 1 atom stereocenters. The van der Waals surface area contributed by atoms with Crippen LogP contribution in [0.1, 0.15) is 34.6 Å². The van der Waals surface area contributed by atoms with Crippen LogP contribution in [0.4, 0.5) is 5.69 Å². The summed E-state index contributed by atoms with van der Waals surface area (Å²) >= 11 is 0. The van der Waals surface area contributed by atoms with Gasteiger partial charge in [-0.05, 0) is 32.0 Å². The van der Waals surface area contributed by atoms with Crippen molar-refractivity contribution in [2.24, 2.45) is 7.05 Å². The number of ether oxygens (including phenoxy) is 1. The van der Waals surface area contributed by atoms with Crippen LogP contribution < -0.4 is 5.32 Å². The molecule has 0 radical (unpaired) electrons. The van der Waals surface area contributed by atoms with Gasteiger partial charge >= 0.3 is 5.97 Å². The van der Waals surface area contributed by atoms with E-state index in [0.29, 0.717) is 16.8 Å². The maximum atomic E-state index is 12.5. The summed E-state index contributed by atoms with van der Waals surface area (Å²) in [7, 11) is 1.84. The monoisotopic (exact) mass is 364 g/mol. The Morgan fingerprint density at radius 3 is 2.56 bits per heavy atom. The largest absolute Gasteiger partial charge is 0.449 e. The van der Waals surface area contributed by atoms with Gasteiger partial charge in [0.25, 0.3) is 5.91 Å². The second kappa shape index (κ2) is 7.45. The van der Waals surface area contributed by atoms with Gasteiger partial charge in [-0.25, -0.2) is 4.79 Å². The molecule has 2 aromatic carbocycles. The third kappa shape index (κ3) is 3.89. The first-order valence-electron chi connectivity index (χ1n) is 8.53. The first kappa shape index (κ1) is 18.4. The van der Waals surface area contributed by atoms with Gasteiger partial charge in [0, 0.05) is 35.4 Å². The lowest BCUT2D eigenvalue weighted by molar-refractivity contribution is -0.123. The van der Waals surface area contributed by atoms with Crippen molar-refractivity contribution >= 4 is 34.3 Å². The number of ketones is 1. The number of amides is 1. The number of hydrogen-bond donors (Lipinski definition) is 1. The lowest BCUT2D eigenvalue weighted by atomic mass is 10.1. The zero-order valence-electron chi connectivity index (χ0n) is 15.4. The first-order valence-corrected chi connectivity index (χ1v) is 8.53. The van der Waals surface area contributed by atoms with Crippen molar-refractivity contribution in [1.29, 1.82) is 0 Å². The van der Waals surface area contributed by atoms with E-state index in [1.807, 2.05) is 35.9 Å². The number of nitrogens with one attached hydrogen (secondary N) is 1. The van der Waals surface area contributed by atoms with Crippen molar-refractivity contribution < 1.29 is 19.1 Å². The summed E-state index contributed by atoms with van der Waals surface area (Å²) in [5.74, 6) is -1.13. The van der Waals surface area contributed by atoms with E-state index in [4.69, 9.17) is 4.74 Å². The lowest BCUT2D eigenvalue weighted by Gasteiger charge is -2.13. The normalized spacial score (nSPS) is 11.8. The zero-order valence-corrected chi connectivity index (χ0v) is 15.4. The summed E-state index contributed by atoms with van der Waals surface area (Å²) in [5.41, 5.74) is 2.28. The maximum Gasteiger partial charge on any atom is 0.341 e. The van der Waals surface area contributed by atoms with Crippen LogP contribution in [0, 0.1) is 0 Å². The fraction of sp³-hybridized carbons (Fsp3) is 0.190. The molecule has 0 bridgehead atoms. The van der Waals surface area contributed by atoms with Gasteiger partial charge in [-0.15, -0.1) is 0 Å². The average molecular weight is 364 g/mol. The van der Waals surface area contributed by atoms with Crippen molar-refractivity contribution in [3.05, 3.63) is 65.9 Å². The number of para-hydroxylation sites is 1. The van der Waals surface area contributed by atoms with E-state index in [9.17, 15) is 14.4 Å². The number of benzene rings is 2. The smallest absolute Gasteiger partial charge is 0.341 e. The highest BCUT2D eigenvalue weighted by molar-refractivity contribution is 6.05. The number of Topliss-reactive ketones (excluding diaryl/α,β-unsaturated/α-hetero) is 1. The van der Waals surface area contributed by atoms with Crippen molar-refractivity contribution in [1.82, 2.24) is 4.57 Å². The molecule has 3 aromatic rings. The number of nitrogens with zero attached hydrogens (tertiary/aromatic N) is 1. The second-order valence-corrected chi connectivity index (χ2v) is 6.34. The number of fused-ring (bicyclic) bond motifs is 1. The minimum Gasteiger partial charge on any atom is -0.449 e. The number of rotatable bonds is 5. The fourth-order valence-corrected chi connectivity index (χ4v) is 2.84. The Hall–Kier alpha value is -3.41. The summed E-state index contributed by atoms with van der Waals surface area (Å²) in [6, 6.07) is 14.1. The van der Waals surface area contributed by atoms with E-state index in [0.717, 1.165) is 10.9 Å². The molecular formula is C21H20N2O4. The molecule has 1 heterocycles. The lowest BCUT2D eigenvalue weighted by Crippen LogP contribution is -2.30. The topological polar surface area (TPSA) is 77.4 Å². The van der Waals surface area contributed by atoms with Gasteiger partial charge in [0.1, 0.15) is 0 Å². The highest BCUT2D eigenvalue weighted by Crippen LogP contribution is 2.21. The number of aryl methyl sites for hydroxylation is 1.